The molecule has 2 N–H and O–H groups in total. The van der Waals surface area contributed by atoms with Crippen LogP contribution in [-0.4, -0.2) is 36.9 Å². The number of carboxylic acids is 1. The number of nitrogens with one attached hydrogen (secondary N) is 1. The maximum absolute atomic E-state index is 10.5. The van der Waals surface area contributed by atoms with Crippen LogP contribution >= 0.6 is 0 Å². The summed E-state index contributed by atoms with van der Waals surface area (Å²) in [5, 5.41) is 11.4. The van der Waals surface area contributed by atoms with Gasteiger partial charge in [0.1, 0.15) is 6.04 Å². The Kier molecular flexibility index (Phi) is 5.78. The highest BCUT2D eigenvalue weighted by molar-refractivity contribution is 5.73. The molecule has 0 aromatic carbocycles. The lowest BCUT2D eigenvalue weighted by molar-refractivity contribution is -0.141. The van der Waals surface area contributed by atoms with Gasteiger partial charge in [0.05, 0.1) is 6.61 Å². The summed E-state index contributed by atoms with van der Waals surface area (Å²) in [4.78, 5) is 10.5. The molecule has 0 amide bonds. The van der Waals surface area contributed by atoms with Gasteiger partial charge in [-0.15, -0.1) is 0 Å². The molecule has 0 aliphatic rings. The smallest absolute Gasteiger partial charge is 0.323 e. The first kappa shape index (κ1) is 10.4. The van der Waals surface area contributed by atoms with Gasteiger partial charge in [0.15, 0.2) is 0 Å². The normalized spacial score (nSPS) is 12.9. The lowest BCUT2D eigenvalue weighted by atomic mass is 10.3. The molecule has 1 atom stereocenters. The quantitative estimate of drug-likeness (QED) is 0.579. The molecule has 4 nitrogen and oxygen atoms in total. The molecule has 66 valence electrons. The standard InChI is InChI=1S/C7H15NO3/c1-3-8-6(7(9)10)5-11-4-2/h6,8H,3-5H2,1-2H3,(H,9,10)/t6-/m0/s1. The summed E-state index contributed by atoms with van der Waals surface area (Å²) < 4.78 is 4.97. The summed E-state index contributed by atoms with van der Waals surface area (Å²) in [5.41, 5.74) is 0. The molecule has 0 spiro atoms. The van der Waals surface area contributed by atoms with E-state index in [1.54, 1.807) is 0 Å². The first-order valence-corrected chi connectivity index (χ1v) is 3.76. The summed E-state index contributed by atoms with van der Waals surface area (Å²) in [5.74, 6) is -0.861. The lowest BCUT2D eigenvalue weighted by Gasteiger charge is -2.11. The number of aliphatic carboxylic acids is 1. The molecule has 0 unspecified atom stereocenters. The molecule has 0 heterocycles. The van der Waals surface area contributed by atoms with E-state index in [0.29, 0.717) is 13.2 Å². The third kappa shape index (κ3) is 4.75. The van der Waals surface area contributed by atoms with Crippen LogP contribution < -0.4 is 5.32 Å². The van der Waals surface area contributed by atoms with Gasteiger partial charge in [-0.3, -0.25) is 4.79 Å². The fraction of sp³-hybridized carbons (Fsp3) is 0.857. The van der Waals surface area contributed by atoms with Crippen molar-refractivity contribution in [3.63, 3.8) is 0 Å². The van der Waals surface area contributed by atoms with Gasteiger partial charge in [0, 0.05) is 6.61 Å². The molecule has 0 aliphatic heterocycles. The third-order valence-corrected chi connectivity index (χ3v) is 1.24. The van der Waals surface area contributed by atoms with Crippen LogP contribution in [0.1, 0.15) is 13.8 Å². The van der Waals surface area contributed by atoms with Crippen molar-refractivity contribution in [3.05, 3.63) is 0 Å². The second-order valence-electron chi connectivity index (χ2n) is 2.11. The highest BCUT2D eigenvalue weighted by atomic mass is 16.5. The maximum atomic E-state index is 10.5. The molecular formula is C7H15NO3. The molecule has 0 aromatic rings. The highest BCUT2D eigenvalue weighted by Crippen LogP contribution is 1.85. The minimum absolute atomic E-state index is 0.236. The number of rotatable bonds is 6. The van der Waals surface area contributed by atoms with Crippen molar-refractivity contribution in [1.29, 1.82) is 0 Å². The van der Waals surface area contributed by atoms with Gasteiger partial charge in [-0.1, -0.05) is 6.92 Å². The van der Waals surface area contributed by atoms with E-state index in [9.17, 15) is 4.79 Å². The van der Waals surface area contributed by atoms with E-state index in [-0.39, 0.29) is 6.61 Å². The Labute approximate surface area is 66.5 Å². The first-order chi connectivity index (χ1) is 5.22. The summed E-state index contributed by atoms with van der Waals surface area (Å²) in [7, 11) is 0. The molecule has 0 radical (unpaired) electrons. The summed E-state index contributed by atoms with van der Waals surface area (Å²) >= 11 is 0. The Balaban J connectivity index is 3.60. The number of hydrogen-bond donors (Lipinski definition) is 2. The van der Waals surface area contributed by atoms with Crippen LogP contribution in [-0.2, 0) is 9.53 Å². The zero-order valence-electron chi connectivity index (χ0n) is 6.96. The topological polar surface area (TPSA) is 58.6 Å². The van der Waals surface area contributed by atoms with Gasteiger partial charge in [-0.2, -0.15) is 0 Å². The van der Waals surface area contributed by atoms with E-state index in [0.717, 1.165) is 0 Å². The van der Waals surface area contributed by atoms with Crippen LogP contribution in [0.2, 0.25) is 0 Å². The molecule has 0 saturated heterocycles. The predicted octanol–water partition coefficient (Wildman–Crippen LogP) is 0.0856. The maximum Gasteiger partial charge on any atom is 0.323 e. The fourth-order valence-electron chi connectivity index (χ4n) is 0.700. The molecule has 0 rings (SSSR count). The summed E-state index contributed by atoms with van der Waals surface area (Å²) in [6.07, 6.45) is 0. The Morgan fingerprint density at radius 2 is 2.27 bits per heavy atom. The van der Waals surface area contributed by atoms with Gasteiger partial charge in [0.25, 0.3) is 0 Å². The average molecular weight is 161 g/mol. The Morgan fingerprint density at radius 3 is 2.64 bits per heavy atom. The average Bonchev–Trinajstić information content (AvgIpc) is 1.97. The molecule has 0 bridgehead atoms. The SMILES string of the molecule is CCN[C@@H](COCC)C(=O)O. The van der Waals surface area contributed by atoms with E-state index in [1.807, 2.05) is 13.8 Å². The van der Waals surface area contributed by atoms with Crippen molar-refractivity contribution in [2.24, 2.45) is 0 Å². The molecule has 0 aliphatic carbocycles. The molecule has 4 heteroatoms. The van der Waals surface area contributed by atoms with E-state index < -0.39 is 12.0 Å². The number of likely N-dealkylation sites (N-methyl/N-ethyl adjacent to an activating group) is 1. The van der Waals surface area contributed by atoms with E-state index in [2.05, 4.69) is 5.32 Å². The van der Waals surface area contributed by atoms with Gasteiger partial charge in [-0.25, -0.2) is 0 Å². The van der Waals surface area contributed by atoms with E-state index in [4.69, 9.17) is 9.84 Å². The number of carboxylic acid groups (broad SMARTS) is 1. The Hall–Kier alpha value is -0.610. The predicted molar refractivity (Wildman–Crippen MR) is 41.6 cm³/mol. The van der Waals surface area contributed by atoms with E-state index >= 15 is 0 Å². The number of carbonyl (C=O) groups is 1. The Bertz CT molecular complexity index is 116. The molecule has 0 saturated carbocycles. The molecular weight excluding hydrogens is 146 g/mol. The van der Waals surface area contributed by atoms with Crippen LogP contribution in [0.15, 0.2) is 0 Å². The number of ether oxygens (including phenoxy) is 1. The molecule has 0 aromatic heterocycles. The minimum atomic E-state index is -0.861. The van der Waals surface area contributed by atoms with Crippen molar-refractivity contribution in [3.8, 4) is 0 Å². The van der Waals surface area contributed by atoms with Gasteiger partial charge in [0.2, 0.25) is 0 Å². The van der Waals surface area contributed by atoms with Crippen molar-refractivity contribution in [2.75, 3.05) is 19.8 Å². The zero-order chi connectivity index (χ0) is 8.69. The van der Waals surface area contributed by atoms with Crippen molar-refractivity contribution in [1.82, 2.24) is 5.32 Å². The monoisotopic (exact) mass is 161 g/mol. The summed E-state index contributed by atoms with van der Waals surface area (Å²) in [6.45, 7) is 5.13. The fourth-order valence-corrected chi connectivity index (χ4v) is 0.700. The summed E-state index contributed by atoms with van der Waals surface area (Å²) in [6, 6.07) is -0.569. The Morgan fingerprint density at radius 1 is 1.64 bits per heavy atom. The van der Waals surface area contributed by atoms with Crippen LogP contribution in [0.4, 0.5) is 0 Å². The van der Waals surface area contributed by atoms with Crippen molar-refractivity contribution in [2.45, 2.75) is 19.9 Å². The van der Waals surface area contributed by atoms with Crippen molar-refractivity contribution < 1.29 is 14.6 Å². The van der Waals surface area contributed by atoms with Crippen molar-refractivity contribution >= 4 is 5.97 Å². The second kappa shape index (κ2) is 6.12. The van der Waals surface area contributed by atoms with Gasteiger partial charge >= 0.3 is 5.97 Å². The van der Waals surface area contributed by atoms with Crippen LogP contribution in [0.5, 0.6) is 0 Å². The van der Waals surface area contributed by atoms with Crippen LogP contribution in [0.3, 0.4) is 0 Å². The number of hydrogen-bond acceptors (Lipinski definition) is 3. The second-order valence-corrected chi connectivity index (χ2v) is 2.11. The van der Waals surface area contributed by atoms with Crippen LogP contribution in [0, 0.1) is 0 Å². The lowest BCUT2D eigenvalue weighted by Crippen LogP contribution is -2.40. The minimum Gasteiger partial charge on any atom is -0.480 e. The third-order valence-electron chi connectivity index (χ3n) is 1.24. The van der Waals surface area contributed by atoms with Gasteiger partial charge in [-0.05, 0) is 13.5 Å². The molecule has 11 heavy (non-hydrogen) atoms. The molecule has 0 fully saturated rings. The first-order valence-electron chi connectivity index (χ1n) is 3.76. The van der Waals surface area contributed by atoms with E-state index in [1.165, 1.54) is 0 Å². The highest BCUT2D eigenvalue weighted by Gasteiger charge is 2.14. The zero-order valence-corrected chi connectivity index (χ0v) is 6.96. The van der Waals surface area contributed by atoms with Crippen LogP contribution in [0.25, 0.3) is 0 Å². The largest absolute Gasteiger partial charge is 0.480 e. The van der Waals surface area contributed by atoms with Gasteiger partial charge < -0.3 is 15.2 Å².